The Morgan fingerprint density at radius 1 is 1.06 bits per heavy atom. The fourth-order valence-electron chi connectivity index (χ4n) is 1.87. The number of halogens is 1. The van der Waals surface area contributed by atoms with Crippen molar-refractivity contribution in [2.45, 2.75) is 0 Å². The quantitative estimate of drug-likeness (QED) is 0.741. The van der Waals surface area contributed by atoms with E-state index >= 15 is 0 Å². The van der Waals surface area contributed by atoms with Gasteiger partial charge in [0.25, 0.3) is 0 Å². The summed E-state index contributed by atoms with van der Waals surface area (Å²) in [6, 6.07) is 12.3. The molecule has 0 saturated heterocycles. The molecule has 0 amide bonds. The molecule has 2 heterocycles. The fourth-order valence-corrected chi connectivity index (χ4v) is 2.14. The van der Waals surface area contributed by atoms with Crippen LogP contribution in [0.2, 0.25) is 0 Å². The van der Waals surface area contributed by atoms with Crippen LogP contribution in [0.15, 0.2) is 53.3 Å². The van der Waals surface area contributed by atoms with Crippen molar-refractivity contribution in [2.24, 2.45) is 0 Å². The predicted molar refractivity (Wildman–Crippen MR) is 79.2 cm³/mol. The first kappa shape index (κ1) is 11.2. The van der Waals surface area contributed by atoms with Gasteiger partial charge in [0.2, 0.25) is 0 Å². The van der Waals surface area contributed by atoms with Crippen LogP contribution >= 0.6 is 15.9 Å². The van der Waals surface area contributed by atoms with Crippen LogP contribution in [0, 0.1) is 0 Å². The van der Waals surface area contributed by atoms with Gasteiger partial charge in [-0.3, -0.25) is 0 Å². The monoisotopic (exact) mass is 298 g/mol. The van der Waals surface area contributed by atoms with Crippen molar-refractivity contribution in [3.63, 3.8) is 0 Å². The zero-order chi connectivity index (χ0) is 12.4. The highest BCUT2D eigenvalue weighted by atomic mass is 79.9. The third-order valence-electron chi connectivity index (χ3n) is 2.81. The molecular formula is C15H11BrN2. The van der Waals surface area contributed by atoms with E-state index in [1.165, 1.54) is 5.56 Å². The molecule has 0 radical (unpaired) electrons. The average molecular weight is 299 g/mol. The van der Waals surface area contributed by atoms with Gasteiger partial charge in [-0.05, 0) is 29.8 Å². The van der Waals surface area contributed by atoms with Crippen LogP contribution in [0.4, 0.5) is 0 Å². The molecule has 0 bridgehead atoms. The van der Waals surface area contributed by atoms with Gasteiger partial charge in [-0.15, -0.1) is 0 Å². The van der Waals surface area contributed by atoms with Gasteiger partial charge in [0.1, 0.15) is 5.65 Å². The number of aromatic amines is 1. The molecule has 2 aromatic heterocycles. The summed E-state index contributed by atoms with van der Waals surface area (Å²) in [6.45, 7) is 0. The molecule has 0 aliphatic rings. The van der Waals surface area contributed by atoms with Gasteiger partial charge in [0, 0.05) is 27.8 Å². The molecule has 1 aromatic carbocycles. The second-order valence-electron chi connectivity index (χ2n) is 4.03. The number of H-pyrrole nitrogens is 1. The topological polar surface area (TPSA) is 28.7 Å². The summed E-state index contributed by atoms with van der Waals surface area (Å²) in [5, 5.41) is 1.14. The Kier molecular flexibility index (Phi) is 2.99. The number of nitrogens with zero attached hydrogens (tertiary/aromatic N) is 1. The van der Waals surface area contributed by atoms with Crippen molar-refractivity contribution < 1.29 is 0 Å². The molecule has 0 saturated carbocycles. The second kappa shape index (κ2) is 4.78. The third kappa shape index (κ3) is 2.22. The summed E-state index contributed by atoms with van der Waals surface area (Å²) in [5.74, 6) is 0. The Labute approximate surface area is 114 Å². The van der Waals surface area contributed by atoms with Crippen molar-refractivity contribution in [3.8, 4) is 0 Å². The molecule has 2 nitrogen and oxygen atoms in total. The number of nitrogens with one attached hydrogen (secondary N) is 1. The van der Waals surface area contributed by atoms with E-state index < -0.39 is 0 Å². The molecule has 88 valence electrons. The van der Waals surface area contributed by atoms with Crippen LogP contribution in [0.25, 0.3) is 23.2 Å². The van der Waals surface area contributed by atoms with Crippen molar-refractivity contribution >= 4 is 39.1 Å². The van der Waals surface area contributed by atoms with Gasteiger partial charge in [0.05, 0.1) is 0 Å². The van der Waals surface area contributed by atoms with E-state index in [2.05, 4.69) is 56.2 Å². The molecule has 3 rings (SSSR count). The minimum atomic E-state index is 0.924. The van der Waals surface area contributed by atoms with E-state index in [9.17, 15) is 0 Å². The normalized spacial score (nSPS) is 11.4. The van der Waals surface area contributed by atoms with E-state index in [4.69, 9.17) is 0 Å². The summed E-state index contributed by atoms with van der Waals surface area (Å²) in [4.78, 5) is 7.44. The summed E-state index contributed by atoms with van der Waals surface area (Å²) in [5.41, 5.74) is 3.26. The van der Waals surface area contributed by atoms with Crippen molar-refractivity contribution in [1.29, 1.82) is 0 Å². The predicted octanol–water partition coefficient (Wildman–Crippen LogP) is 4.50. The maximum absolute atomic E-state index is 4.27. The minimum absolute atomic E-state index is 0.924. The first-order valence-corrected chi connectivity index (χ1v) is 6.48. The van der Waals surface area contributed by atoms with Gasteiger partial charge >= 0.3 is 0 Å². The number of hydrogen-bond acceptors (Lipinski definition) is 1. The van der Waals surface area contributed by atoms with Crippen LogP contribution in [0.3, 0.4) is 0 Å². The van der Waals surface area contributed by atoms with Crippen LogP contribution in [-0.4, -0.2) is 9.97 Å². The molecule has 0 unspecified atom stereocenters. The first-order valence-electron chi connectivity index (χ1n) is 5.69. The van der Waals surface area contributed by atoms with Crippen LogP contribution in [0.5, 0.6) is 0 Å². The van der Waals surface area contributed by atoms with Gasteiger partial charge in [-0.1, -0.05) is 40.2 Å². The number of benzene rings is 1. The SMILES string of the molecule is Brc1ccc(C=Cc2c[nH]c3ncccc23)cc1. The van der Waals surface area contributed by atoms with E-state index in [1.807, 2.05) is 24.4 Å². The molecule has 0 atom stereocenters. The van der Waals surface area contributed by atoms with Crippen molar-refractivity contribution in [3.05, 3.63) is 64.4 Å². The Bertz CT molecular complexity index is 696. The summed E-state index contributed by atoms with van der Waals surface area (Å²) >= 11 is 3.43. The van der Waals surface area contributed by atoms with Crippen LogP contribution in [-0.2, 0) is 0 Å². The molecule has 0 fully saturated rings. The highest BCUT2D eigenvalue weighted by Gasteiger charge is 1.99. The molecule has 0 aliphatic heterocycles. The highest BCUT2D eigenvalue weighted by Crippen LogP contribution is 2.19. The lowest BCUT2D eigenvalue weighted by molar-refractivity contribution is 1.33. The van der Waals surface area contributed by atoms with E-state index in [-0.39, 0.29) is 0 Å². The summed E-state index contributed by atoms with van der Waals surface area (Å²) in [6.07, 6.45) is 7.97. The Morgan fingerprint density at radius 3 is 2.72 bits per heavy atom. The standard InChI is InChI=1S/C15H11BrN2/c16-13-7-4-11(5-8-13)3-6-12-10-18-15-14(12)2-1-9-17-15/h1-10H,(H,17,18). The molecule has 3 heteroatoms. The maximum Gasteiger partial charge on any atom is 0.137 e. The van der Waals surface area contributed by atoms with Crippen LogP contribution < -0.4 is 0 Å². The average Bonchev–Trinajstić information content (AvgIpc) is 2.82. The van der Waals surface area contributed by atoms with Crippen LogP contribution in [0.1, 0.15) is 11.1 Å². The largest absolute Gasteiger partial charge is 0.346 e. The fraction of sp³-hybridized carbons (Fsp3) is 0. The minimum Gasteiger partial charge on any atom is -0.346 e. The van der Waals surface area contributed by atoms with Crippen molar-refractivity contribution in [2.75, 3.05) is 0 Å². The summed E-state index contributed by atoms with van der Waals surface area (Å²) < 4.78 is 1.09. The van der Waals surface area contributed by atoms with Gasteiger partial charge in [0.15, 0.2) is 0 Å². The number of fused-ring (bicyclic) bond motifs is 1. The van der Waals surface area contributed by atoms with Gasteiger partial charge in [-0.25, -0.2) is 4.98 Å². The highest BCUT2D eigenvalue weighted by molar-refractivity contribution is 9.10. The Balaban J connectivity index is 1.94. The zero-order valence-electron chi connectivity index (χ0n) is 9.60. The van der Waals surface area contributed by atoms with E-state index in [0.29, 0.717) is 0 Å². The second-order valence-corrected chi connectivity index (χ2v) is 4.94. The van der Waals surface area contributed by atoms with Gasteiger partial charge in [-0.2, -0.15) is 0 Å². The van der Waals surface area contributed by atoms with E-state index in [1.54, 1.807) is 6.20 Å². The molecular weight excluding hydrogens is 288 g/mol. The zero-order valence-corrected chi connectivity index (χ0v) is 11.2. The Hall–Kier alpha value is -1.87. The first-order chi connectivity index (χ1) is 8.83. The molecule has 0 aliphatic carbocycles. The number of pyridine rings is 1. The lowest BCUT2D eigenvalue weighted by Gasteiger charge is -1.94. The molecule has 18 heavy (non-hydrogen) atoms. The number of rotatable bonds is 2. The van der Waals surface area contributed by atoms with Crippen molar-refractivity contribution in [1.82, 2.24) is 9.97 Å². The molecule has 1 N–H and O–H groups in total. The maximum atomic E-state index is 4.27. The third-order valence-corrected chi connectivity index (χ3v) is 3.34. The molecule has 3 aromatic rings. The van der Waals surface area contributed by atoms with Gasteiger partial charge < -0.3 is 4.98 Å². The number of aromatic nitrogens is 2. The smallest absolute Gasteiger partial charge is 0.137 e. The Morgan fingerprint density at radius 2 is 1.89 bits per heavy atom. The summed E-state index contributed by atoms with van der Waals surface area (Å²) in [7, 11) is 0. The van der Waals surface area contributed by atoms with E-state index in [0.717, 1.165) is 21.1 Å². The lowest BCUT2D eigenvalue weighted by atomic mass is 10.1. The molecule has 0 spiro atoms. The lowest BCUT2D eigenvalue weighted by Crippen LogP contribution is -1.73. The number of hydrogen-bond donors (Lipinski definition) is 1.